The van der Waals surface area contributed by atoms with Gasteiger partial charge >= 0.3 is 0 Å². The second kappa shape index (κ2) is 7.03. The summed E-state index contributed by atoms with van der Waals surface area (Å²) >= 11 is 0. The van der Waals surface area contributed by atoms with Gasteiger partial charge in [0.15, 0.2) is 0 Å². The van der Waals surface area contributed by atoms with Crippen LogP contribution in [0.15, 0.2) is 18.2 Å². The molecule has 1 unspecified atom stereocenters. The molecule has 1 saturated heterocycles. The molecule has 1 aromatic carbocycles. The Balaban J connectivity index is 2.11. The van der Waals surface area contributed by atoms with E-state index in [2.05, 4.69) is 10.6 Å². The molecule has 114 valence electrons. The van der Waals surface area contributed by atoms with E-state index in [4.69, 9.17) is 4.74 Å². The van der Waals surface area contributed by atoms with Gasteiger partial charge in [0.25, 0.3) is 11.6 Å². The summed E-state index contributed by atoms with van der Waals surface area (Å²) in [5, 5.41) is 16.7. The lowest BCUT2D eigenvalue weighted by molar-refractivity contribution is -0.384. The number of nitrogens with one attached hydrogen (secondary N) is 2. The molecule has 1 heterocycles. The van der Waals surface area contributed by atoms with Gasteiger partial charge in [0.1, 0.15) is 0 Å². The molecule has 1 atom stereocenters. The third-order valence-corrected chi connectivity index (χ3v) is 3.40. The molecular weight excluding hydrogens is 274 g/mol. The summed E-state index contributed by atoms with van der Waals surface area (Å²) < 4.78 is 5.26. The van der Waals surface area contributed by atoms with Gasteiger partial charge in [-0.25, -0.2) is 0 Å². The minimum absolute atomic E-state index is 0.0917. The van der Waals surface area contributed by atoms with Crippen LogP contribution in [0.5, 0.6) is 0 Å². The summed E-state index contributed by atoms with van der Waals surface area (Å²) in [5.74, 6) is 0.0109. The maximum Gasteiger partial charge on any atom is 0.270 e. The Hall–Kier alpha value is -2.15. The Morgan fingerprint density at radius 2 is 2.33 bits per heavy atom. The highest BCUT2D eigenvalue weighted by Crippen LogP contribution is 2.22. The van der Waals surface area contributed by atoms with Crippen molar-refractivity contribution in [3.8, 4) is 0 Å². The summed E-state index contributed by atoms with van der Waals surface area (Å²) in [5.41, 5.74) is 0.805. The topological polar surface area (TPSA) is 93.5 Å². The summed E-state index contributed by atoms with van der Waals surface area (Å²) in [6.45, 7) is 4.43. The minimum atomic E-state index is -0.503. The van der Waals surface area contributed by atoms with Crippen molar-refractivity contribution < 1.29 is 14.5 Å². The van der Waals surface area contributed by atoms with Gasteiger partial charge in [0, 0.05) is 43.4 Å². The Bertz CT molecular complexity index is 527. The zero-order chi connectivity index (χ0) is 15.2. The first-order valence-corrected chi connectivity index (χ1v) is 7.00. The van der Waals surface area contributed by atoms with E-state index in [1.807, 2.05) is 6.92 Å². The van der Waals surface area contributed by atoms with E-state index >= 15 is 0 Å². The average Bonchev–Trinajstić information content (AvgIpc) is 2.98. The summed E-state index contributed by atoms with van der Waals surface area (Å²) in [4.78, 5) is 22.6. The number of carbonyl (C=O) groups is 1. The maximum absolute atomic E-state index is 12.3. The number of rotatable bonds is 6. The van der Waals surface area contributed by atoms with E-state index in [-0.39, 0.29) is 11.6 Å². The monoisotopic (exact) mass is 293 g/mol. The first kappa shape index (κ1) is 15.2. The molecule has 7 heteroatoms. The molecule has 1 aliphatic rings. The first-order valence-electron chi connectivity index (χ1n) is 7.00. The molecule has 1 aliphatic heterocycles. The highest BCUT2D eigenvalue weighted by molar-refractivity contribution is 6.00. The van der Waals surface area contributed by atoms with Gasteiger partial charge in [-0.2, -0.15) is 0 Å². The zero-order valence-corrected chi connectivity index (χ0v) is 11.9. The Morgan fingerprint density at radius 3 is 2.95 bits per heavy atom. The number of hydrogen-bond acceptors (Lipinski definition) is 5. The largest absolute Gasteiger partial charge is 0.385 e. The molecule has 0 aliphatic carbocycles. The zero-order valence-electron chi connectivity index (χ0n) is 11.9. The van der Waals surface area contributed by atoms with Crippen LogP contribution in [0.3, 0.4) is 0 Å². The Morgan fingerprint density at radius 1 is 1.52 bits per heavy atom. The van der Waals surface area contributed by atoms with E-state index in [1.54, 1.807) is 6.07 Å². The number of hydrogen-bond donors (Lipinski definition) is 2. The lowest BCUT2D eigenvalue weighted by Gasteiger charge is -2.13. The highest BCUT2D eigenvalue weighted by Gasteiger charge is 2.19. The van der Waals surface area contributed by atoms with Crippen LogP contribution < -0.4 is 10.6 Å². The standard InChI is InChI=1S/C14H19N3O4/c1-2-15-13-4-3-11(17(19)20)7-12(13)14(18)16-8-10-5-6-21-9-10/h3-4,7,10,15H,2,5-6,8-9H2,1H3,(H,16,18). The van der Waals surface area contributed by atoms with E-state index < -0.39 is 4.92 Å². The van der Waals surface area contributed by atoms with Crippen LogP contribution in [0.25, 0.3) is 0 Å². The van der Waals surface area contributed by atoms with E-state index in [1.165, 1.54) is 12.1 Å². The fourth-order valence-electron chi connectivity index (χ4n) is 2.25. The number of nitrogens with zero attached hydrogens (tertiary/aromatic N) is 1. The van der Waals surface area contributed by atoms with Gasteiger partial charge in [-0.3, -0.25) is 14.9 Å². The smallest absolute Gasteiger partial charge is 0.270 e. The van der Waals surface area contributed by atoms with Crippen molar-refractivity contribution in [2.24, 2.45) is 5.92 Å². The first-order chi connectivity index (χ1) is 10.1. The van der Waals surface area contributed by atoms with Gasteiger partial charge in [0.05, 0.1) is 17.1 Å². The lowest BCUT2D eigenvalue weighted by atomic mass is 10.1. The number of nitro groups is 1. The number of anilines is 1. The van der Waals surface area contributed by atoms with Crippen LogP contribution in [0.1, 0.15) is 23.7 Å². The number of ether oxygens (including phenoxy) is 1. The molecule has 0 saturated carbocycles. The summed E-state index contributed by atoms with van der Waals surface area (Å²) in [7, 11) is 0. The molecule has 0 aromatic heterocycles. The summed E-state index contributed by atoms with van der Waals surface area (Å²) in [6, 6.07) is 4.26. The summed E-state index contributed by atoms with van der Waals surface area (Å²) in [6.07, 6.45) is 0.926. The van der Waals surface area contributed by atoms with Crippen molar-refractivity contribution in [2.75, 3.05) is 31.6 Å². The fraction of sp³-hybridized carbons (Fsp3) is 0.500. The predicted octanol–water partition coefficient (Wildman–Crippen LogP) is 1.79. The minimum Gasteiger partial charge on any atom is -0.385 e. The number of carbonyl (C=O) groups excluding carboxylic acids is 1. The van der Waals surface area contributed by atoms with Crippen LogP contribution in [-0.4, -0.2) is 37.1 Å². The number of non-ortho nitro benzene ring substituents is 1. The van der Waals surface area contributed by atoms with Crippen LogP contribution in [0.2, 0.25) is 0 Å². The van der Waals surface area contributed by atoms with Crippen molar-refractivity contribution >= 4 is 17.3 Å². The Labute approximate surface area is 122 Å². The molecule has 0 spiro atoms. The van der Waals surface area contributed by atoms with Crippen molar-refractivity contribution in [3.63, 3.8) is 0 Å². The molecule has 1 aromatic rings. The second-order valence-electron chi connectivity index (χ2n) is 4.96. The number of amides is 1. The molecule has 7 nitrogen and oxygen atoms in total. The van der Waals surface area contributed by atoms with Crippen molar-refractivity contribution in [1.82, 2.24) is 5.32 Å². The molecule has 0 radical (unpaired) electrons. The van der Waals surface area contributed by atoms with Crippen LogP contribution >= 0.6 is 0 Å². The normalized spacial score (nSPS) is 17.5. The van der Waals surface area contributed by atoms with Crippen molar-refractivity contribution in [1.29, 1.82) is 0 Å². The van der Waals surface area contributed by atoms with Crippen molar-refractivity contribution in [3.05, 3.63) is 33.9 Å². The molecular formula is C14H19N3O4. The number of nitro benzene ring substituents is 1. The van der Waals surface area contributed by atoms with Crippen LogP contribution in [-0.2, 0) is 4.74 Å². The lowest BCUT2D eigenvalue weighted by Crippen LogP contribution is -2.30. The fourth-order valence-corrected chi connectivity index (χ4v) is 2.25. The SMILES string of the molecule is CCNc1ccc([N+](=O)[O-])cc1C(=O)NCC1CCOC1. The predicted molar refractivity (Wildman–Crippen MR) is 78.5 cm³/mol. The molecule has 0 bridgehead atoms. The number of benzene rings is 1. The highest BCUT2D eigenvalue weighted by atomic mass is 16.6. The maximum atomic E-state index is 12.3. The molecule has 2 N–H and O–H groups in total. The van der Waals surface area contributed by atoms with Crippen molar-refractivity contribution in [2.45, 2.75) is 13.3 Å². The van der Waals surface area contributed by atoms with E-state index in [0.29, 0.717) is 36.9 Å². The Kier molecular flexibility index (Phi) is 5.10. The van der Waals surface area contributed by atoms with Gasteiger partial charge in [0.2, 0.25) is 0 Å². The van der Waals surface area contributed by atoms with Gasteiger partial charge in [-0.05, 0) is 19.4 Å². The van der Waals surface area contributed by atoms with Crippen LogP contribution in [0, 0.1) is 16.0 Å². The average molecular weight is 293 g/mol. The van der Waals surface area contributed by atoms with Gasteiger partial charge in [-0.1, -0.05) is 0 Å². The quantitative estimate of drug-likeness (QED) is 0.616. The van der Waals surface area contributed by atoms with E-state index in [0.717, 1.165) is 13.0 Å². The third-order valence-electron chi connectivity index (χ3n) is 3.40. The van der Waals surface area contributed by atoms with E-state index in [9.17, 15) is 14.9 Å². The van der Waals surface area contributed by atoms with Gasteiger partial charge in [-0.15, -0.1) is 0 Å². The second-order valence-corrected chi connectivity index (χ2v) is 4.96. The van der Waals surface area contributed by atoms with Crippen LogP contribution in [0.4, 0.5) is 11.4 Å². The molecule has 1 fully saturated rings. The van der Waals surface area contributed by atoms with Gasteiger partial charge < -0.3 is 15.4 Å². The third kappa shape index (κ3) is 3.91. The molecule has 1 amide bonds. The molecule has 2 rings (SSSR count). The molecule has 21 heavy (non-hydrogen) atoms.